The molecule has 0 aliphatic carbocycles. The van der Waals surface area contributed by atoms with Crippen LogP contribution in [0.5, 0.6) is 11.5 Å². The largest absolute Gasteiger partial charge is 0.504 e. The number of pyridine rings is 1. The number of amides is 1. The first-order chi connectivity index (χ1) is 7.50. The Bertz CT molecular complexity index is 645. The summed E-state index contributed by atoms with van der Waals surface area (Å²) < 4.78 is 0. The van der Waals surface area contributed by atoms with E-state index < -0.39 is 17.1 Å². The number of nitrogens with one attached hydrogen (secondary N) is 1. The van der Waals surface area contributed by atoms with Crippen molar-refractivity contribution in [3.8, 4) is 11.5 Å². The van der Waals surface area contributed by atoms with Crippen LogP contribution in [-0.2, 0) is 0 Å². The van der Waals surface area contributed by atoms with Gasteiger partial charge >= 0.3 is 0 Å². The number of rotatable bonds is 1. The summed E-state index contributed by atoms with van der Waals surface area (Å²) in [5.41, 5.74) is 4.53. The van der Waals surface area contributed by atoms with Crippen LogP contribution in [0.2, 0.25) is 0 Å². The number of hydrogen-bond donors (Lipinski definition) is 4. The second-order valence-electron chi connectivity index (χ2n) is 3.28. The van der Waals surface area contributed by atoms with Crippen LogP contribution in [0.25, 0.3) is 10.9 Å². The quantitative estimate of drug-likeness (QED) is 0.507. The van der Waals surface area contributed by atoms with Crippen LogP contribution in [-0.4, -0.2) is 21.1 Å². The molecule has 82 valence electrons. The molecular weight excluding hydrogens is 212 g/mol. The minimum Gasteiger partial charge on any atom is -0.504 e. The lowest BCUT2D eigenvalue weighted by atomic mass is 10.1. The van der Waals surface area contributed by atoms with Gasteiger partial charge in [0.25, 0.3) is 5.91 Å². The Morgan fingerprint density at radius 3 is 2.50 bits per heavy atom. The third kappa shape index (κ3) is 1.36. The maximum absolute atomic E-state index is 11.7. The Morgan fingerprint density at radius 1 is 1.25 bits per heavy atom. The first-order valence-electron chi connectivity index (χ1n) is 4.38. The third-order valence-corrected chi connectivity index (χ3v) is 2.24. The molecule has 16 heavy (non-hydrogen) atoms. The second kappa shape index (κ2) is 3.27. The Balaban J connectivity index is 2.90. The zero-order valence-corrected chi connectivity index (χ0v) is 8.02. The van der Waals surface area contributed by atoms with E-state index in [0.29, 0.717) is 5.52 Å². The van der Waals surface area contributed by atoms with E-state index in [0.717, 1.165) is 6.07 Å². The average molecular weight is 220 g/mol. The average Bonchev–Trinajstić information content (AvgIpc) is 2.21. The predicted molar refractivity (Wildman–Crippen MR) is 56.4 cm³/mol. The van der Waals surface area contributed by atoms with E-state index >= 15 is 0 Å². The summed E-state index contributed by atoms with van der Waals surface area (Å²) in [7, 11) is 0. The molecule has 0 spiro atoms. The van der Waals surface area contributed by atoms with Gasteiger partial charge in [0.05, 0.1) is 10.9 Å². The highest BCUT2D eigenvalue weighted by Crippen LogP contribution is 2.27. The van der Waals surface area contributed by atoms with Crippen LogP contribution >= 0.6 is 0 Å². The van der Waals surface area contributed by atoms with Crippen molar-refractivity contribution in [2.75, 3.05) is 0 Å². The van der Waals surface area contributed by atoms with E-state index in [-0.39, 0.29) is 16.7 Å². The second-order valence-corrected chi connectivity index (χ2v) is 3.28. The van der Waals surface area contributed by atoms with Crippen molar-refractivity contribution in [2.24, 2.45) is 5.73 Å². The number of aromatic hydroxyl groups is 2. The van der Waals surface area contributed by atoms with Crippen molar-refractivity contribution < 1.29 is 15.0 Å². The predicted octanol–water partition coefficient (Wildman–Crippen LogP) is 0.0382. The molecule has 1 aromatic heterocycles. The number of H-pyrrole nitrogens is 1. The fraction of sp³-hybridized carbons (Fsp3) is 0. The topological polar surface area (TPSA) is 116 Å². The van der Waals surface area contributed by atoms with Gasteiger partial charge in [0.15, 0.2) is 11.5 Å². The van der Waals surface area contributed by atoms with Gasteiger partial charge in [0.1, 0.15) is 5.56 Å². The number of fused-ring (bicyclic) bond motifs is 1. The van der Waals surface area contributed by atoms with Gasteiger partial charge in [-0.1, -0.05) is 0 Å². The van der Waals surface area contributed by atoms with Crippen molar-refractivity contribution in [3.05, 3.63) is 34.1 Å². The molecule has 0 aliphatic heterocycles. The molecule has 1 aromatic carbocycles. The van der Waals surface area contributed by atoms with Crippen molar-refractivity contribution in [3.63, 3.8) is 0 Å². The molecule has 1 amide bonds. The number of phenolic OH excluding ortho intramolecular Hbond substituents is 2. The van der Waals surface area contributed by atoms with Gasteiger partial charge in [-0.05, 0) is 6.07 Å². The van der Waals surface area contributed by atoms with Gasteiger partial charge < -0.3 is 20.9 Å². The molecule has 0 aliphatic rings. The summed E-state index contributed by atoms with van der Waals surface area (Å²) in [6.07, 6.45) is 1.17. The molecule has 2 rings (SSSR count). The van der Waals surface area contributed by atoms with E-state index in [1.165, 1.54) is 12.3 Å². The molecule has 0 unspecified atom stereocenters. The van der Waals surface area contributed by atoms with E-state index in [4.69, 9.17) is 5.73 Å². The number of aromatic nitrogens is 1. The molecule has 0 fully saturated rings. The van der Waals surface area contributed by atoms with Crippen LogP contribution in [0.1, 0.15) is 10.4 Å². The molecule has 6 nitrogen and oxygen atoms in total. The molecule has 5 N–H and O–H groups in total. The number of carbonyl (C=O) groups excluding carboxylic acids is 1. The molecular formula is C10H8N2O4. The molecule has 6 heteroatoms. The summed E-state index contributed by atoms with van der Waals surface area (Å²) >= 11 is 0. The molecule has 0 atom stereocenters. The monoisotopic (exact) mass is 220 g/mol. The number of carbonyl (C=O) groups is 1. The van der Waals surface area contributed by atoms with Gasteiger partial charge in [-0.25, -0.2) is 0 Å². The van der Waals surface area contributed by atoms with Gasteiger partial charge in [0, 0.05) is 12.3 Å². The fourth-order valence-electron chi connectivity index (χ4n) is 1.43. The number of phenols is 2. The molecule has 0 saturated heterocycles. The standard InChI is InChI=1S/C10H8N2O4/c11-10(16)5-3-12-6-2-8(14)7(13)1-4(6)9(5)15/h1-3,13-14H,(H2,11,16)(H,12,15). The van der Waals surface area contributed by atoms with Crippen LogP contribution in [0.3, 0.4) is 0 Å². The maximum Gasteiger partial charge on any atom is 0.254 e. The Hall–Kier alpha value is -2.50. The van der Waals surface area contributed by atoms with Crippen LogP contribution in [0, 0.1) is 0 Å². The Kier molecular flexibility index (Phi) is 2.05. The highest BCUT2D eigenvalue weighted by atomic mass is 16.3. The van der Waals surface area contributed by atoms with Crippen LogP contribution < -0.4 is 11.2 Å². The molecule has 1 heterocycles. The number of aromatic amines is 1. The Labute approximate surface area is 88.9 Å². The minimum atomic E-state index is -0.851. The van der Waals surface area contributed by atoms with Crippen molar-refractivity contribution >= 4 is 16.8 Å². The van der Waals surface area contributed by atoms with Gasteiger partial charge in [-0.2, -0.15) is 0 Å². The third-order valence-electron chi connectivity index (χ3n) is 2.24. The van der Waals surface area contributed by atoms with E-state index in [1.54, 1.807) is 0 Å². The highest BCUT2D eigenvalue weighted by Gasteiger charge is 2.11. The van der Waals surface area contributed by atoms with Gasteiger partial charge in [0.2, 0.25) is 5.43 Å². The molecule has 0 radical (unpaired) electrons. The highest BCUT2D eigenvalue weighted by molar-refractivity contribution is 5.96. The number of hydrogen-bond acceptors (Lipinski definition) is 4. The molecule has 0 bridgehead atoms. The number of nitrogens with two attached hydrogens (primary N) is 1. The Morgan fingerprint density at radius 2 is 1.88 bits per heavy atom. The smallest absolute Gasteiger partial charge is 0.254 e. The lowest BCUT2D eigenvalue weighted by Gasteiger charge is -2.02. The van der Waals surface area contributed by atoms with Crippen molar-refractivity contribution in [1.29, 1.82) is 0 Å². The lowest BCUT2D eigenvalue weighted by Crippen LogP contribution is -2.21. The summed E-state index contributed by atoms with van der Waals surface area (Å²) in [5, 5.41) is 18.6. The van der Waals surface area contributed by atoms with Gasteiger partial charge in [-0.3, -0.25) is 9.59 Å². The molecule has 0 saturated carbocycles. The number of primary amides is 1. The zero-order valence-electron chi connectivity index (χ0n) is 8.02. The van der Waals surface area contributed by atoms with Crippen molar-refractivity contribution in [2.45, 2.75) is 0 Å². The SMILES string of the molecule is NC(=O)c1c[nH]c2cc(O)c(O)cc2c1=O. The van der Waals surface area contributed by atoms with E-state index in [9.17, 15) is 19.8 Å². The lowest BCUT2D eigenvalue weighted by molar-refractivity contribution is 0.0999. The zero-order chi connectivity index (χ0) is 11.9. The summed E-state index contributed by atoms with van der Waals surface area (Å²) in [6, 6.07) is 2.27. The number of benzene rings is 1. The minimum absolute atomic E-state index is 0.0894. The summed E-state index contributed by atoms with van der Waals surface area (Å²) in [4.78, 5) is 25.3. The molecule has 2 aromatic rings. The maximum atomic E-state index is 11.7. The normalized spacial score (nSPS) is 10.5. The van der Waals surface area contributed by atoms with Gasteiger partial charge in [-0.15, -0.1) is 0 Å². The summed E-state index contributed by atoms with van der Waals surface area (Å²) in [6.45, 7) is 0. The van der Waals surface area contributed by atoms with Crippen molar-refractivity contribution in [1.82, 2.24) is 4.98 Å². The van der Waals surface area contributed by atoms with E-state index in [2.05, 4.69) is 4.98 Å². The van der Waals surface area contributed by atoms with Crippen LogP contribution in [0.15, 0.2) is 23.1 Å². The van der Waals surface area contributed by atoms with Crippen LogP contribution in [0.4, 0.5) is 0 Å². The summed E-state index contributed by atoms with van der Waals surface area (Å²) in [5.74, 6) is -1.63. The fourth-order valence-corrected chi connectivity index (χ4v) is 1.43. The first kappa shape index (κ1) is 10.0. The first-order valence-corrected chi connectivity index (χ1v) is 4.38. The van der Waals surface area contributed by atoms with E-state index in [1.807, 2.05) is 0 Å².